The van der Waals surface area contributed by atoms with Crippen LogP contribution in [0.3, 0.4) is 0 Å². The van der Waals surface area contributed by atoms with Crippen molar-refractivity contribution in [3.05, 3.63) is 58.4 Å². The van der Waals surface area contributed by atoms with Crippen molar-refractivity contribution in [2.75, 3.05) is 5.73 Å². The first kappa shape index (κ1) is 13.4. The Labute approximate surface area is 116 Å². The Morgan fingerprint density at radius 1 is 1.42 bits per heavy atom. The number of anilines is 1. The summed E-state index contributed by atoms with van der Waals surface area (Å²) in [6.07, 6.45) is 3.45. The maximum atomic E-state index is 12.0. The number of pyridine rings is 1. The lowest BCUT2D eigenvalue weighted by Gasteiger charge is -2.09. The summed E-state index contributed by atoms with van der Waals surface area (Å²) in [5, 5.41) is 3.29. The molecule has 1 aromatic heterocycles. The maximum Gasteiger partial charge on any atom is 0.253 e. The van der Waals surface area contributed by atoms with E-state index in [2.05, 4.69) is 10.3 Å². The van der Waals surface area contributed by atoms with Crippen molar-refractivity contribution >= 4 is 23.2 Å². The number of halogens is 1. The Hall–Kier alpha value is -2.07. The maximum absolute atomic E-state index is 12.0. The van der Waals surface area contributed by atoms with Gasteiger partial charge in [-0.1, -0.05) is 11.6 Å². The molecule has 1 amide bonds. The van der Waals surface area contributed by atoms with Crippen molar-refractivity contribution in [2.45, 2.75) is 13.5 Å². The smallest absolute Gasteiger partial charge is 0.253 e. The molecule has 0 saturated carbocycles. The van der Waals surface area contributed by atoms with E-state index in [0.29, 0.717) is 22.8 Å². The van der Waals surface area contributed by atoms with Crippen molar-refractivity contribution in [3.8, 4) is 0 Å². The lowest BCUT2D eigenvalue weighted by Crippen LogP contribution is -2.24. The van der Waals surface area contributed by atoms with Crippen molar-refractivity contribution in [2.24, 2.45) is 0 Å². The molecule has 0 unspecified atom stereocenters. The van der Waals surface area contributed by atoms with Gasteiger partial charge in [-0.25, -0.2) is 0 Å². The van der Waals surface area contributed by atoms with Crippen LogP contribution in [0.5, 0.6) is 0 Å². The monoisotopic (exact) mass is 275 g/mol. The van der Waals surface area contributed by atoms with Crippen molar-refractivity contribution in [1.29, 1.82) is 0 Å². The molecule has 3 N–H and O–H groups in total. The molecule has 0 saturated heterocycles. The minimum atomic E-state index is -0.247. The van der Waals surface area contributed by atoms with Crippen LogP contribution in [0.15, 0.2) is 36.7 Å². The Kier molecular flexibility index (Phi) is 4.02. The molecule has 4 nitrogen and oxygen atoms in total. The summed E-state index contributed by atoms with van der Waals surface area (Å²) in [5.41, 5.74) is 8.60. The number of amides is 1. The van der Waals surface area contributed by atoms with E-state index in [9.17, 15) is 4.79 Å². The topological polar surface area (TPSA) is 68.0 Å². The van der Waals surface area contributed by atoms with Crippen LogP contribution >= 0.6 is 11.6 Å². The number of aryl methyl sites for hydroxylation is 1. The molecular weight excluding hydrogens is 262 g/mol. The largest absolute Gasteiger partial charge is 0.398 e. The SMILES string of the molecule is Cc1ccncc1CNC(=O)c1cc(Cl)ccc1N. The molecule has 19 heavy (non-hydrogen) atoms. The van der Waals surface area contributed by atoms with Gasteiger partial charge >= 0.3 is 0 Å². The molecule has 1 heterocycles. The molecule has 5 heteroatoms. The van der Waals surface area contributed by atoms with Gasteiger partial charge in [-0.05, 0) is 42.3 Å². The predicted octanol–water partition coefficient (Wildman–Crippen LogP) is 2.56. The molecule has 1 aromatic carbocycles. The molecule has 2 aromatic rings. The number of rotatable bonds is 3. The highest BCUT2D eigenvalue weighted by atomic mass is 35.5. The van der Waals surface area contributed by atoms with Crippen molar-refractivity contribution in [3.63, 3.8) is 0 Å². The van der Waals surface area contributed by atoms with Crippen LogP contribution in [-0.2, 0) is 6.54 Å². The normalized spacial score (nSPS) is 10.2. The van der Waals surface area contributed by atoms with Crippen LogP contribution in [0.4, 0.5) is 5.69 Å². The standard InChI is InChI=1S/C14H14ClN3O/c1-9-4-5-17-7-10(9)8-18-14(19)12-6-11(15)2-3-13(12)16/h2-7H,8,16H2,1H3,(H,18,19). The highest BCUT2D eigenvalue weighted by Crippen LogP contribution is 2.18. The summed E-state index contributed by atoms with van der Waals surface area (Å²) in [6.45, 7) is 2.38. The first-order valence-corrected chi connectivity index (χ1v) is 6.18. The van der Waals surface area contributed by atoms with Gasteiger partial charge in [0, 0.05) is 29.6 Å². The second-order valence-corrected chi connectivity index (χ2v) is 4.65. The number of nitrogens with zero attached hydrogens (tertiary/aromatic N) is 1. The molecule has 0 spiro atoms. The van der Waals surface area contributed by atoms with Gasteiger partial charge < -0.3 is 11.1 Å². The number of carbonyl (C=O) groups excluding carboxylic acids is 1. The second kappa shape index (κ2) is 5.71. The molecule has 0 aliphatic heterocycles. The number of nitrogen functional groups attached to an aromatic ring is 1. The Morgan fingerprint density at radius 3 is 2.95 bits per heavy atom. The van der Waals surface area contributed by atoms with E-state index in [4.69, 9.17) is 17.3 Å². The molecule has 98 valence electrons. The summed E-state index contributed by atoms with van der Waals surface area (Å²) < 4.78 is 0. The molecule has 0 bridgehead atoms. The number of benzene rings is 1. The Bertz CT molecular complexity index is 613. The van der Waals surface area contributed by atoms with E-state index in [1.54, 1.807) is 30.6 Å². The molecule has 0 radical (unpaired) electrons. The zero-order valence-electron chi connectivity index (χ0n) is 10.5. The third kappa shape index (κ3) is 3.23. The quantitative estimate of drug-likeness (QED) is 0.846. The van der Waals surface area contributed by atoms with Crippen LogP contribution in [0.25, 0.3) is 0 Å². The fourth-order valence-corrected chi connectivity index (χ4v) is 1.85. The molecule has 0 atom stereocenters. The van der Waals surface area contributed by atoms with Crippen LogP contribution in [0.2, 0.25) is 5.02 Å². The third-order valence-corrected chi connectivity index (χ3v) is 3.08. The minimum absolute atomic E-state index is 0.247. The van der Waals surface area contributed by atoms with E-state index in [1.165, 1.54) is 0 Å². The summed E-state index contributed by atoms with van der Waals surface area (Å²) >= 11 is 5.86. The number of nitrogens with two attached hydrogens (primary N) is 1. The zero-order valence-corrected chi connectivity index (χ0v) is 11.2. The average Bonchev–Trinajstić information content (AvgIpc) is 2.40. The highest BCUT2D eigenvalue weighted by molar-refractivity contribution is 6.31. The highest BCUT2D eigenvalue weighted by Gasteiger charge is 2.10. The number of aromatic nitrogens is 1. The van der Waals surface area contributed by atoms with Gasteiger partial charge in [0.05, 0.1) is 5.56 Å². The first-order chi connectivity index (χ1) is 9.08. The van der Waals surface area contributed by atoms with Crippen LogP contribution in [0.1, 0.15) is 21.5 Å². The van der Waals surface area contributed by atoms with E-state index < -0.39 is 0 Å². The predicted molar refractivity (Wildman–Crippen MR) is 76.0 cm³/mol. The van der Waals surface area contributed by atoms with Gasteiger partial charge in [0.15, 0.2) is 0 Å². The number of nitrogens with one attached hydrogen (secondary N) is 1. The van der Waals surface area contributed by atoms with Gasteiger partial charge in [0.2, 0.25) is 0 Å². The lowest BCUT2D eigenvalue weighted by atomic mass is 10.1. The summed E-state index contributed by atoms with van der Waals surface area (Å²) in [7, 11) is 0. The average molecular weight is 276 g/mol. The molecule has 0 aliphatic carbocycles. The number of hydrogen-bond acceptors (Lipinski definition) is 3. The molecule has 2 rings (SSSR count). The second-order valence-electron chi connectivity index (χ2n) is 4.22. The summed E-state index contributed by atoms with van der Waals surface area (Å²) in [6, 6.07) is 6.73. The van der Waals surface area contributed by atoms with Gasteiger partial charge in [-0.15, -0.1) is 0 Å². The van der Waals surface area contributed by atoms with Gasteiger partial charge in [-0.2, -0.15) is 0 Å². The van der Waals surface area contributed by atoms with Gasteiger partial charge in [-0.3, -0.25) is 9.78 Å². The lowest BCUT2D eigenvalue weighted by molar-refractivity contribution is 0.0951. The Balaban J connectivity index is 2.10. The van der Waals surface area contributed by atoms with E-state index in [-0.39, 0.29) is 5.91 Å². The fourth-order valence-electron chi connectivity index (χ4n) is 1.68. The molecule has 0 aliphatic rings. The van der Waals surface area contributed by atoms with E-state index >= 15 is 0 Å². The summed E-state index contributed by atoms with van der Waals surface area (Å²) in [5.74, 6) is -0.247. The van der Waals surface area contributed by atoms with Gasteiger partial charge in [0.25, 0.3) is 5.91 Å². The van der Waals surface area contributed by atoms with Crippen LogP contribution < -0.4 is 11.1 Å². The minimum Gasteiger partial charge on any atom is -0.398 e. The molecule has 0 fully saturated rings. The van der Waals surface area contributed by atoms with Crippen molar-refractivity contribution < 1.29 is 4.79 Å². The van der Waals surface area contributed by atoms with Gasteiger partial charge in [0.1, 0.15) is 0 Å². The summed E-state index contributed by atoms with van der Waals surface area (Å²) in [4.78, 5) is 16.1. The number of hydrogen-bond donors (Lipinski definition) is 2. The van der Waals surface area contributed by atoms with Crippen LogP contribution in [-0.4, -0.2) is 10.9 Å². The number of carbonyl (C=O) groups is 1. The van der Waals surface area contributed by atoms with Crippen LogP contribution in [0, 0.1) is 6.92 Å². The fraction of sp³-hybridized carbons (Fsp3) is 0.143. The first-order valence-electron chi connectivity index (χ1n) is 5.80. The third-order valence-electron chi connectivity index (χ3n) is 2.85. The zero-order chi connectivity index (χ0) is 13.8. The van der Waals surface area contributed by atoms with E-state index in [1.807, 2.05) is 13.0 Å². The Morgan fingerprint density at radius 2 is 2.21 bits per heavy atom. The van der Waals surface area contributed by atoms with E-state index in [0.717, 1.165) is 11.1 Å². The molecular formula is C14H14ClN3O. The van der Waals surface area contributed by atoms with Crippen molar-refractivity contribution in [1.82, 2.24) is 10.3 Å².